The molecule has 118 valence electrons. The number of hydrogen-bond acceptors (Lipinski definition) is 3. The molecule has 0 aromatic heterocycles. The number of allylic oxidation sites excluding steroid dienone is 2. The third-order valence-electron chi connectivity index (χ3n) is 3.99. The maximum atomic E-state index is 12.7. The van der Waals surface area contributed by atoms with Crippen molar-refractivity contribution in [2.45, 2.75) is 25.4 Å². The summed E-state index contributed by atoms with van der Waals surface area (Å²) < 4.78 is 0. The number of fused-ring (bicyclic) bond motifs is 1. The van der Waals surface area contributed by atoms with Crippen molar-refractivity contribution in [1.29, 1.82) is 0 Å². The number of nitrogens with one attached hydrogen (secondary N) is 1. The zero-order chi connectivity index (χ0) is 16.4. The Labute approximate surface area is 139 Å². The van der Waals surface area contributed by atoms with Gasteiger partial charge in [-0.15, -0.1) is 0 Å². The molecule has 0 radical (unpaired) electrons. The van der Waals surface area contributed by atoms with E-state index < -0.39 is 5.54 Å². The number of carbonyl (C=O) groups is 2. The van der Waals surface area contributed by atoms with Crippen molar-refractivity contribution in [2.24, 2.45) is 4.99 Å². The summed E-state index contributed by atoms with van der Waals surface area (Å²) in [5.74, 6) is -0.0520. The summed E-state index contributed by atoms with van der Waals surface area (Å²) in [7, 11) is 0. The molecule has 0 spiro atoms. The Balaban J connectivity index is 1.79. The van der Waals surface area contributed by atoms with Crippen LogP contribution in [0.3, 0.4) is 0 Å². The highest BCUT2D eigenvalue weighted by Crippen LogP contribution is 2.28. The molecule has 2 amide bonds. The molecule has 1 unspecified atom stereocenters. The molecule has 0 saturated carbocycles. The van der Waals surface area contributed by atoms with E-state index in [1.54, 1.807) is 36.2 Å². The molecule has 0 saturated heterocycles. The molecule has 1 aromatic carbocycles. The fraction of sp³-hybridized carbons (Fsp3) is 0.235. The third kappa shape index (κ3) is 2.92. The molecular weight excluding hydrogens is 314 g/mol. The van der Waals surface area contributed by atoms with Gasteiger partial charge in [0.05, 0.1) is 6.42 Å². The van der Waals surface area contributed by atoms with Gasteiger partial charge in [0.15, 0.2) is 0 Å². The number of nitrogens with zero attached hydrogens (tertiary/aromatic N) is 2. The topological polar surface area (TPSA) is 61.8 Å². The average Bonchev–Trinajstić information content (AvgIpc) is 2.53. The number of halogens is 1. The maximum absolute atomic E-state index is 12.7. The van der Waals surface area contributed by atoms with Crippen molar-refractivity contribution in [1.82, 2.24) is 10.2 Å². The van der Waals surface area contributed by atoms with Gasteiger partial charge in [-0.25, -0.2) is 0 Å². The third-order valence-corrected chi connectivity index (χ3v) is 4.36. The Hall–Kier alpha value is -2.40. The Morgan fingerprint density at radius 3 is 2.96 bits per heavy atom. The van der Waals surface area contributed by atoms with E-state index in [4.69, 9.17) is 11.6 Å². The number of amidine groups is 1. The zero-order valence-electron chi connectivity index (χ0n) is 12.6. The van der Waals surface area contributed by atoms with Crippen LogP contribution < -0.4 is 5.32 Å². The van der Waals surface area contributed by atoms with Crippen molar-refractivity contribution in [2.75, 3.05) is 0 Å². The van der Waals surface area contributed by atoms with Gasteiger partial charge in [0.2, 0.25) is 5.91 Å². The van der Waals surface area contributed by atoms with E-state index in [-0.39, 0.29) is 18.2 Å². The Kier molecular flexibility index (Phi) is 4.05. The lowest BCUT2D eigenvalue weighted by Crippen LogP contribution is -2.59. The molecule has 0 fully saturated rings. The highest BCUT2D eigenvalue weighted by molar-refractivity contribution is 6.31. The minimum atomic E-state index is -1.00. The Morgan fingerprint density at radius 1 is 1.39 bits per heavy atom. The highest BCUT2D eigenvalue weighted by atomic mass is 35.5. The van der Waals surface area contributed by atoms with Crippen LogP contribution in [0.2, 0.25) is 5.02 Å². The van der Waals surface area contributed by atoms with Gasteiger partial charge in [0.25, 0.3) is 5.91 Å². The van der Waals surface area contributed by atoms with Gasteiger partial charge in [-0.05, 0) is 30.7 Å². The molecule has 2 aliphatic rings. The molecule has 5 nitrogen and oxygen atoms in total. The van der Waals surface area contributed by atoms with Gasteiger partial charge in [-0.2, -0.15) is 4.99 Å². The molecule has 0 bridgehead atoms. The van der Waals surface area contributed by atoms with Crippen LogP contribution in [0.5, 0.6) is 0 Å². The first-order valence-corrected chi connectivity index (χ1v) is 7.66. The fourth-order valence-electron chi connectivity index (χ4n) is 2.69. The van der Waals surface area contributed by atoms with E-state index in [0.29, 0.717) is 17.4 Å². The standard InChI is InChI=1S/C17H16ClN3O2/c1-17(10-15(22)20-14-8-4-5-9-21(14)17)16(23)19-11-12-6-2-3-7-13(12)18/h2-9H,10-11H2,1H3,(H,19,23). The molecule has 23 heavy (non-hydrogen) atoms. The first kappa shape index (κ1) is 15.5. The van der Waals surface area contributed by atoms with E-state index >= 15 is 0 Å². The normalized spacial score (nSPS) is 22.6. The van der Waals surface area contributed by atoms with E-state index in [1.807, 2.05) is 24.3 Å². The zero-order valence-corrected chi connectivity index (χ0v) is 13.4. The maximum Gasteiger partial charge on any atom is 0.250 e. The number of rotatable bonds is 3. The number of carbonyl (C=O) groups excluding carboxylic acids is 2. The summed E-state index contributed by atoms with van der Waals surface area (Å²) >= 11 is 6.11. The first-order chi connectivity index (χ1) is 11.0. The summed E-state index contributed by atoms with van der Waals surface area (Å²) in [5, 5.41) is 3.47. The molecule has 2 heterocycles. The van der Waals surface area contributed by atoms with Crippen LogP contribution in [-0.2, 0) is 16.1 Å². The van der Waals surface area contributed by atoms with Crippen LogP contribution in [0.15, 0.2) is 53.7 Å². The summed E-state index contributed by atoms with van der Waals surface area (Å²) in [6.45, 7) is 2.05. The van der Waals surface area contributed by atoms with Crippen molar-refractivity contribution in [3.63, 3.8) is 0 Å². The molecule has 6 heteroatoms. The van der Waals surface area contributed by atoms with E-state index in [2.05, 4.69) is 10.3 Å². The quantitative estimate of drug-likeness (QED) is 0.926. The van der Waals surface area contributed by atoms with Gasteiger partial charge in [0.1, 0.15) is 11.4 Å². The lowest BCUT2D eigenvalue weighted by atomic mass is 9.91. The lowest BCUT2D eigenvalue weighted by Gasteiger charge is -2.41. The van der Waals surface area contributed by atoms with Crippen LogP contribution >= 0.6 is 11.6 Å². The minimum Gasteiger partial charge on any atom is -0.350 e. The van der Waals surface area contributed by atoms with Gasteiger partial charge < -0.3 is 10.2 Å². The molecule has 1 N–H and O–H groups in total. The van der Waals surface area contributed by atoms with Gasteiger partial charge in [0, 0.05) is 17.8 Å². The summed E-state index contributed by atoms with van der Waals surface area (Å²) in [6, 6.07) is 7.33. The summed E-state index contributed by atoms with van der Waals surface area (Å²) in [6.07, 6.45) is 7.12. The van der Waals surface area contributed by atoms with E-state index in [9.17, 15) is 9.59 Å². The molecule has 0 aliphatic carbocycles. The second kappa shape index (κ2) is 6.01. The van der Waals surface area contributed by atoms with Gasteiger partial charge in [-0.3, -0.25) is 9.59 Å². The SMILES string of the molecule is CC1(C(=O)NCc2ccccc2Cl)CC(=O)N=C2C=CC=CN21. The predicted molar refractivity (Wildman–Crippen MR) is 88.9 cm³/mol. The lowest BCUT2D eigenvalue weighted by molar-refractivity contribution is -0.134. The monoisotopic (exact) mass is 329 g/mol. The van der Waals surface area contributed by atoms with E-state index in [0.717, 1.165) is 5.56 Å². The van der Waals surface area contributed by atoms with Crippen molar-refractivity contribution in [3.8, 4) is 0 Å². The molecule has 1 aromatic rings. The van der Waals surface area contributed by atoms with Gasteiger partial charge in [-0.1, -0.05) is 35.9 Å². The minimum absolute atomic E-state index is 0.0308. The van der Waals surface area contributed by atoms with Gasteiger partial charge >= 0.3 is 0 Å². The molecular formula is C17H16ClN3O2. The number of hydrogen-bond donors (Lipinski definition) is 1. The second-order valence-electron chi connectivity index (χ2n) is 5.66. The van der Waals surface area contributed by atoms with Crippen molar-refractivity contribution in [3.05, 3.63) is 59.3 Å². The van der Waals surface area contributed by atoms with Crippen LogP contribution in [0.1, 0.15) is 18.9 Å². The number of benzene rings is 1. The smallest absolute Gasteiger partial charge is 0.250 e. The van der Waals surface area contributed by atoms with E-state index in [1.165, 1.54) is 0 Å². The molecule has 3 rings (SSSR count). The fourth-order valence-corrected chi connectivity index (χ4v) is 2.89. The number of aliphatic imine (C=N–C) groups is 1. The molecule has 1 atom stereocenters. The highest BCUT2D eigenvalue weighted by Gasteiger charge is 2.44. The van der Waals surface area contributed by atoms with Crippen LogP contribution in [-0.4, -0.2) is 28.1 Å². The summed E-state index contributed by atoms with van der Waals surface area (Å²) in [5.41, 5.74) is -0.173. The first-order valence-electron chi connectivity index (χ1n) is 7.28. The Bertz CT molecular complexity index is 754. The Morgan fingerprint density at radius 2 is 2.17 bits per heavy atom. The summed E-state index contributed by atoms with van der Waals surface area (Å²) in [4.78, 5) is 30.3. The number of amides is 2. The second-order valence-corrected chi connectivity index (χ2v) is 6.07. The van der Waals surface area contributed by atoms with Crippen LogP contribution in [0.25, 0.3) is 0 Å². The average molecular weight is 330 g/mol. The van der Waals surface area contributed by atoms with Crippen LogP contribution in [0.4, 0.5) is 0 Å². The van der Waals surface area contributed by atoms with Crippen LogP contribution in [0, 0.1) is 0 Å². The predicted octanol–water partition coefficient (Wildman–Crippen LogP) is 2.43. The largest absolute Gasteiger partial charge is 0.350 e. The van der Waals surface area contributed by atoms with Crippen molar-refractivity contribution >= 4 is 29.3 Å². The molecule has 2 aliphatic heterocycles. The van der Waals surface area contributed by atoms with Crippen molar-refractivity contribution < 1.29 is 9.59 Å².